The first-order valence-corrected chi connectivity index (χ1v) is 7.92. The van der Waals surface area contributed by atoms with E-state index in [1.807, 2.05) is 30.3 Å². The quantitative estimate of drug-likeness (QED) is 0.923. The van der Waals surface area contributed by atoms with Crippen molar-refractivity contribution in [1.82, 2.24) is 4.98 Å². The van der Waals surface area contributed by atoms with E-state index in [-0.39, 0.29) is 5.91 Å². The van der Waals surface area contributed by atoms with Crippen LogP contribution in [0.3, 0.4) is 0 Å². The summed E-state index contributed by atoms with van der Waals surface area (Å²) in [6, 6.07) is 9.84. The minimum atomic E-state index is 0.163. The Kier molecular flexibility index (Phi) is 3.13. The van der Waals surface area contributed by atoms with Crippen molar-refractivity contribution in [3.8, 4) is 0 Å². The van der Waals surface area contributed by atoms with Crippen LogP contribution in [-0.2, 0) is 4.79 Å². The molecule has 0 unspecified atom stereocenters. The van der Waals surface area contributed by atoms with E-state index in [1.54, 1.807) is 6.20 Å². The molecule has 0 spiro atoms. The topological polar surface area (TPSA) is 42.0 Å². The van der Waals surface area contributed by atoms with Crippen LogP contribution >= 0.6 is 0 Å². The summed E-state index contributed by atoms with van der Waals surface area (Å²) in [5.41, 5.74) is 1.84. The predicted octanol–water partition coefficient (Wildman–Crippen LogP) is 4.00. The first kappa shape index (κ1) is 12.8. The summed E-state index contributed by atoms with van der Waals surface area (Å²) in [5, 5.41) is 4.12. The average Bonchev–Trinajstić information content (AvgIpc) is 3.09. The molecule has 2 bridgehead atoms. The lowest BCUT2D eigenvalue weighted by molar-refractivity contribution is -0.117. The van der Waals surface area contributed by atoms with Gasteiger partial charge in [0.25, 0.3) is 0 Å². The van der Waals surface area contributed by atoms with Crippen molar-refractivity contribution in [3.05, 3.63) is 36.5 Å². The Morgan fingerprint density at radius 3 is 3.00 bits per heavy atom. The summed E-state index contributed by atoms with van der Waals surface area (Å²) in [4.78, 5) is 16.6. The lowest BCUT2D eigenvalue weighted by Gasteiger charge is -2.20. The summed E-state index contributed by atoms with van der Waals surface area (Å²) in [7, 11) is 0. The van der Waals surface area contributed by atoms with E-state index in [1.165, 1.54) is 25.7 Å². The highest BCUT2D eigenvalue weighted by atomic mass is 16.1. The van der Waals surface area contributed by atoms with Crippen LogP contribution in [-0.4, -0.2) is 10.9 Å². The molecule has 2 aliphatic carbocycles. The Balaban J connectivity index is 1.43. The number of benzene rings is 1. The van der Waals surface area contributed by atoms with Crippen molar-refractivity contribution in [3.63, 3.8) is 0 Å². The molecule has 2 saturated carbocycles. The van der Waals surface area contributed by atoms with Crippen molar-refractivity contribution in [2.45, 2.75) is 32.1 Å². The fourth-order valence-electron chi connectivity index (χ4n) is 4.23. The molecule has 21 heavy (non-hydrogen) atoms. The molecule has 1 aromatic heterocycles. The number of rotatable bonds is 3. The summed E-state index contributed by atoms with van der Waals surface area (Å²) in [6.45, 7) is 0. The maximum Gasteiger partial charge on any atom is 0.224 e. The highest BCUT2D eigenvalue weighted by molar-refractivity contribution is 5.93. The second-order valence-electron chi connectivity index (χ2n) is 6.60. The lowest BCUT2D eigenvalue weighted by atomic mass is 9.86. The Morgan fingerprint density at radius 1 is 1.24 bits per heavy atom. The van der Waals surface area contributed by atoms with Gasteiger partial charge in [0.05, 0.1) is 5.52 Å². The number of fused-ring (bicyclic) bond motifs is 3. The number of nitrogens with zero attached hydrogens (tertiary/aromatic N) is 1. The molecular weight excluding hydrogens is 260 g/mol. The van der Waals surface area contributed by atoms with E-state index in [4.69, 9.17) is 0 Å². The maximum atomic E-state index is 12.3. The molecular formula is C18H20N2O. The van der Waals surface area contributed by atoms with Gasteiger partial charge in [-0.15, -0.1) is 0 Å². The maximum absolute atomic E-state index is 12.3. The van der Waals surface area contributed by atoms with Crippen LogP contribution in [0.25, 0.3) is 10.9 Å². The number of hydrogen-bond donors (Lipinski definition) is 1. The molecule has 3 atom stereocenters. The van der Waals surface area contributed by atoms with E-state index < -0.39 is 0 Å². The molecule has 2 aliphatic rings. The first-order valence-electron chi connectivity index (χ1n) is 7.92. The van der Waals surface area contributed by atoms with Gasteiger partial charge < -0.3 is 5.32 Å². The van der Waals surface area contributed by atoms with Gasteiger partial charge >= 0.3 is 0 Å². The fourth-order valence-corrected chi connectivity index (χ4v) is 4.23. The van der Waals surface area contributed by atoms with Gasteiger partial charge in [0.1, 0.15) is 0 Å². The van der Waals surface area contributed by atoms with E-state index in [0.29, 0.717) is 12.3 Å². The predicted molar refractivity (Wildman–Crippen MR) is 83.9 cm³/mol. The molecule has 3 heteroatoms. The van der Waals surface area contributed by atoms with Gasteiger partial charge in [-0.3, -0.25) is 9.78 Å². The normalized spacial score (nSPS) is 27.1. The highest BCUT2D eigenvalue weighted by Gasteiger charge is 2.40. The zero-order valence-electron chi connectivity index (χ0n) is 12.1. The fraction of sp³-hybridized carbons (Fsp3) is 0.444. The smallest absolute Gasteiger partial charge is 0.224 e. The number of anilines is 1. The third-order valence-electron chi connectivity index (χ3n) is 5.22. The van der Waals surface area contributed by atoms with Crippen molar-refractivity contribution in [1.29, 1.82) is 0 Å². The minimum absolute atomic E-state index is 0.163. The van der Waals surface area contributed by atoms with Crippen molar-refractivity contribution < 1.29 is 4.79 Å². The van der Waals surface area contributed by atoms with Crippen LogP contribution in [0.4, 0.5) is 5.69 Å². The minimum Gasteiger partial charge on any atom is -0.326 e. The van der Waals surface area contributed by atoms with Crippen LogP contribution in [0.2, 0.25) is 0 Å². The van der Waals surface area contributed by atoms with Crippen molar-refractivity contribution in [2.24, 2.45) is 17.8 Å². The molecule has 2 fully saturated rings. The average molecular weight is 280 g/mol. The summed E-state index contributed by atoms with van der Waals surface area (Å²) in [5.74, 6) is 2.49. The number of carbonyl (C=O) groups excluding carboxylic acids is 1. The van der Waals surface area contributed by atoms with Crippen molar-refractivity contribution in [2.75, 3.05) is 5.32 Å². The Bertz CT molecular complexity index is 682. The summed E-state index contributed by atoms with van der Waals surface area (Å²) < 4.78 is 0. The summed E-state index contributed by atoms with van der Waals surface area (Å²) in [6.07, 6.45) is 7.83. The Hall–Kier alpha value is -1.90. The van der Waals surface area contributed by atoms with Gasteiger partial charge in [0.2, 0.25) is 5.91 Å². The van der Waals surface area contributed by atoms with Gasteiger partial charge in [0, 0.05) is 23.7 Å². The molecule has 2 aromatic rings. The Labute approximate surface area is 124 Å². The molecule has 108 valence electrons. The molecule has 1 heterocycles. The molecule has 3 nitrogen and oxygen atoms in total. The molecule has 1 aromatic carbocycles. The summed E-state index contributed by atoms with van der Waals surface area (Å²) >= 11 is 0. The lowest BCUT2D eigenvalue weighted by Crippen LogP contribution is -2.20. The number of pyridine rings is 1. The van der Waals surface area contributed by atoms with Gasteiger partial charge in [-0.25, -0.2) is 0 Å². The second kappa shape index (κ2) is 5.14. The third kappa shape index (κ3) is 2.53. The first-order chi connectivity index (χ1) is 10.3. The second-order valence-corrected chi connectivity index (χ2v) is 6.60. The van der Waals surface area contributed by atoms with Crippen LogP contribution < -0.4 is 5.32 Å². The van der Waals surface area contributed by atoms with E-state index in [2.05, 4.69) is 10.3 Å². The zero-order chi connectivity index (χ0) is 14.2. The molecule has 1 N–H and O–H groups in total. The van der Waals surface area contributed by atoms with Gasteiger partial charge in [-0.2, -0.15) is 0 Å². The molecule has 1 amide bonds. The number of carbonyl (C=O) groups is 1. The van der Waals surface area contributed by atoms with E-state index in [9.17, 15) is 4.79 Å². The number of aromatic nitrogens is 1. The number of nitrogens with one attached hydrogen (secondary N) is 1. The molecule has 4 rings (SSSR count). The van der Waals surface area contributed by atoms with Gasteiger partial charge in [-0.1, -0.05) is 12.5 Å². The molecule has 0 radical (unpaired) electrons. The molecule has 0 saturated heterocycles. The third-order valence-corrected chi connectivity index (χ3v) is 5.22. The Morgan fingerprint density at radius 2 is 2.19 bits per heavy atom. The van der Waals surface area contributed by atoms with Crippen LogP contribution in [0.5, 0.6) is 0 Å². The monoisotopic (exact) mass is 280 g/mol. The van der Waals surface area contributed by atoms with E-state index in [0.717, 1.165) is 28.4 Å². The van der Waals surface area contributed by atoms with Gasteiger partial charge in [-0.05, 0) is 61.3 Å². The van der Waals surface area contributed by atoms with Crippen molar-refractivity contribution >= 4 is 22.5 Å². The number of amides is 1. The molecule has 0 aliphatic heterocycles. The van der Waals surface area contributed by atoms with Crippen LogP contribution in [0.15, 0.2) is 36.5 Å². The van der Waals surface area contributed by atoms with Crippen LogP contribution in [0.1, 0.15) is 32.1 Å². The van der Waals surface area contributed by atoms with Gasteiger partial charge in [0.15, 0.2) is 0 Å². The van der Waals surface area contributed by atoms with Crippen LogP contribution in [0, 0.1) is 17.8 Å². The number of hydrogen-bond acceptors (Lipinski definition) is 2. The standard InChI is InChI=1S/C18H20N2O/c21-18(11-15-9-12-3-4-13(15)8-12)20-16-5-6-17-14(10-16)2-1-7-19-17/h1-2,5-7,10,12-13,15H,3-4,8-9,11H2,(H,20,21)/t12-,13-,15-/m0/s1. The highest BCUT2D eigenvalue weighted by Crippen LogP contribution is 2.49. The SMILES string of the molecule is O=C(C[C@@H]1C[C@H]2CC[C@H]1C2)Nc1ccc2ncccc2c1. The van der Waals surface area contributed by atoms with E-state index >= 15 is 0 Å². The largest absolute Gasteiger partial charge is 0.326 e. The zero-order valence-corrected chi connectivity index (χ0v) is 12.1.